The third-order valence-corrected chi connectivity index (χ3v) is 3.52. The van der Waals surface area contributed by atoms with E-state index in [0.29, 0.717) is 25.1 Å². The number of imidazole rings is 1. The molecule has 0 aliphatic carbocycles. The minimum absolute atomic E-state index is 0.310. The molecule has 2 aromatic rings. The molecular weight excluding hydrogens is 242 g/mol. The van der Waals surface area contributed by atoms with Crippen LogP contribution in [0.15, 0.2) is 30.5 Å². The van der Waals surface area contributed by atoms with Crippen LogP contribution >= 0.6 is 0 Å². The number of carboxylic acids is 1. The van der Waals surface area contributed by atoms with E-state index in [2.05, 4.69) is 4.98 Å². The average molecular weight is 257 g/mol. The van der Waals surface area contributed by atoms with Crippen molar-refractivity contribution in [1.29, 1.82) is 0 Å². The first-order chi connectivity index (χ1) is 9.13. The van der Waals surface area contributed by atoms with Gasteiger partial charge in [0, 0.05) is 30.4 Å². The van der Waals surface area contributed by atoms with Gasteiger partial charge in [-0.15, -0.1) is 0 Å². The molecule has 0 radical (unpaired) electrons. The number of aliphatic carboxylic acids is 1. The lowest BCUT2D eigenvalue weighted by atomic mass is 10.00. The molecule has 3 N–H and O–H groups in total. The molecular formula is C14H15N3O2. The lowest BCUT2D eigenvalue weighted by molar-refractivity contribution is -0.142. The van der Waals surface area contributed by atoms with Crippen molar-refractivity contribution in [3.8, 4) is 11.3 Å². The normalized spacial score (nSPS) is 18.0. The van der Waals surface area contributed by atoms with Crippen LogP contribution in [0.4, 0.5) is 5.69 Å². The number of hydrogen-bond donors (Lipinski definition) is 2. The Kier molecular flexibility index (Phi) is 2.74. The van der Waals surface area contributed by atoms with E-state index in [1.165, 1.54) is 0 Å². The Labute approximate surface area is 110 Å². The predicted octanol–water partition coefficient (Wildman–Crippen LogP) is 1.78. The minimum atomic E-state index is -0.732. The van der Waals surface area contributed by atoms with Crippen LogP contribution in [0.1, 0.15) is 12.2 Å². The van der Waals surface area contributed by atoms with Crippen LogP contribution in [0.2, 0.25) is 0 Å². The third-order valence-electron chi connectivity index (χ3n) is 3.52. The standard InChI is InChI=1S/C14H15N3O2/c15-11-3-1-2-9(6-11)12-8-17-7-10(14(18)19)4-5-13(17)16-12/h1-3,6,8,10H,4-5,7,15H2,(H,18,19). The molecule has 0 spiro atoms. The summed E-state index contributed by atoms with van der Waals surface area (Å²) in [5.41, 5.74) is 8.29. The number of rotatable bonds is 2. The zero-order valence-corrected chi connectivity index (χ0v) is 10.4. The van der Waals surface area contributed by atoms with Gasteiger partial charge in [-0.3, -0.25) is 4.79 Å². The number of anilines is 1. The lowest BCUT2D eigenvalue weighted by Gasteiger charge is -2.19. The van der Waals surface area contributed by atoms with Crippen LogP contribution in [0, 0.1) is 5.92 Å². The number of aryl methyl sites for hydroxylation is 1. The largest absolute Gasteiger partial charge is 0.481 e. The summed E-state index contributed by atoms with van der Waals surface area (Å²) >= 11 is 0. The molecule has 0 amide bonds. The molecule has 0 bridgehead atoms. The molecule has 5 nitrogen and oxygen atoms in total. The first-order valence-corrected chi connectivity index (χ1v) is 6.28. The Morgan fingerprint density at radius 3 is 3.05 bits per heavy atom. The number of aromatic nitrogens is 2. The Bertz CT molecular complexity index is 633. The van der Waals surface area contributed by atoms with Crippen molar-refractivity contribution in [3.63, 3.8) is 0 Å². The Balaban J connectivity index is 1.93. The summed E-state index contributed by atoms with van der Waals surface area (Å²) in [4.78, 5) is 15.6. The van der Waals surface area contributed by atoms with Gasteiger partial charge in [0.1, 0.15) is 5.82 Å². The fourth-order valence-corrected chi connectivity index (χ4v) is 2.48. The number of nitrogens with zero attached hydrogens (tertiary/aromatic N) is 2. The summed E-state index contributed by atoms with van der Waals surface area (Å²) < 4.78 is 1.95. The molecule has 1 aromatic heterocycles. The third kappa shape index (κ3) is 2.19. The number of fused-ring (bicyclic) bond motifs is 1. The Morgan fingerprint density at radius 2 is 2.32 bits per heavy atom. The number of nitrogens with two attached hydrogens (primary N) is 1. The highest BCUT2D eigenvalue weighted by Gasteiger charge is 2.25. The zero-order chi connectivity index (χ0) is 13.4. The quantitative estimate of drug-likeness (QED) is 0.803. The summed E-state index contributed by atoms with van der Waals surface area (Å²) in [5.74, 6) is -0.0878. The molecule has 0 saturated carbocycles. The van der Waals surface area contributed by atoms with E-state index in [-0.39, 0.29) is 5.92 Å². The number of hydrogen-bond acceptors (Lipinski definition) is 3. The molecule has 0 saturated heterocycles. The molecule has 2 heterocycles. The number of carbonyl (C=O) groups is 1. The van der Waals surface area contributed by atoms with E-state index in [0.717, 1.165) is 17.1 Å². The molecule has 1 aliphatic rings. The van der Waals surface area contributed by atoms with Crippen molar-refractivity contribution in [2.24, 2.45) is 5.92 Å². The molecule has 98 valence electrons. The maximum atomic E-state index is 11.0. The summed E-state index contributed by atoms with van der Waals surface area (Å²) in [6, 6.07) is 7.56. The van der Waals surface area contributed by atoms with Gasteiger partial charge in [0.2, 0.25) is 0 Å². The Morgan fingerprint density at radius 1 is 1.47 bits per heavy atom. The lowest BCUT2D eigenvalue weighted by Crippen LogP contribution is -2.26. The highest BCUT2D eigenvalue weighted by atomic mass is 16.4. The highest BCUT2D eigenvalue weighted by molar-refractivity contribution is 5.70. The van der Waals surface area contributed by atoms with Gasteiger partial charge >= 0.3 is 5.97 Å². The fourth-order valence-electron chi connectivity index (χ4n) is 2.48. The predicted molar refractivity (Wildman–Crippen MR) is 71.5 cm³/mol. The van der Waals surface area contributed by atoms with Gasteiger partial charge in [0.25, 0.3) is 0 Å². The van der Waals surface area contributed by atoms with E-state index in [1.54, 1.807) is 0 Å². The monoisotopic (exact) mass is 257 g/mol. The van der Waals surface area contributed by atoms with Gasteiger partial charge in [-0.25, -0.2) is 4.98 Å². The van der Waals surface area contributed by atoms with Crippen molar-refractivity contribution >= 4 is 11.7 Å². The second kappa shape index (κ2) is 4.42. The van der Waals surface area contributed by atoms with Crippen LogP contribution in [0.5, 0.6) is 0 Å². The fraction of sp³-hybridized carbons (Fsp3) is 0.286. The summed E-state index contributed by atoms with van der Waals surface area (Å²) in [6.07, 6.45) is 3.28. The van der Waals surface area contributed by atoms with Crippen LogP contribution in [-0.2, 0) is 17.8 Å². The summed E-state index contributed by atoms with van der Waals surface area (Å²) in [6.45, 7) is 0.500. The molecule has 5 heteroatoms. The smallest absolute Gasteiger partial charge is 0.308 e. The van der Waals surface area contributed by atoms with Crippen LogP contribution in [0.25, 0.3) is 11.3 Å². The second-order valence-corrected chi connectivity index (χ2v) is 4.89. The molecule has 0 fully saturated rings. The number of carboxylic acid groups (broad SMARTS) is 1. The van der Waals surface area contributed by atoms with Crippen LogP contribution in [-0.4, -0.2) is 20.6 Å². The number of benzene rings is 1. The van der Waals surface area contributed by atoms with E-state index in [4.69, 9.17) is 10.8 Å². The van der Waals surface area contributed by atoms with E-state index in [9.17, 15) is 4.79 Å². The maximum Gasteiger partial charge on any atom is 0.308 e. The van der Waals surface area contributed by atoms with Gasteiger partial charge in [-0.05, 0) is 18.6 Å². The van der Waals surface area contributed by atoms with Crippen molar-refractivity contribution in [1.82, 2.24) is 9.55 Å². The van der Waals surface area contributed by atoms with Gasteiger partial charge in [-0.1, -0.05) is 12.1 Å². The van der Waals surface area contributed by atoms with Crippen molar-refractivity contribution in [2.45, 2.75) is 19.4 Å². The number of nitrogen functional groups attached to an aromatic ring is 1. The summed E-state index contributed by atoms with van der Waals surface area (Å²) in [5, 5.41) is 9.07. The Hall–Kier alpha value is -2.30. The van der Waals surface area contributed by atoms with Gasteiger partial charge in [0.05, 0.1) is 11.6 Å². The SMILES string of the molecule is Nc1cccc(-c2cn3c(n2)CCC(C(=O)O)C3)c1. The molecule has 1 unspecified atom stereocenters. The molecule has 19 heavy (non-hydrogen) atoms. The van der Waals surface area contributed by atoms with Gasteiger partial charge in [-0.2, -0.15) is 0 Å². The van der Waals surface area contributed by atoms with Crippen molar-refractivity contribution < 1.29 is 9.90 Å². The second-order valence-electron chi connectivity index (χ2n) is 4.89. The van der Waals surface area contributed by atoms with Gasteiger partial charge in [0.15, 0.2) is 0 Å². The maximum absolute atomic E-state index is 11.0. The minimum Gasteiger partial charge on any atom is -0.481 e. The van der Waals surface area contributed by atoms with Gasteiger partial charge < -0.3 is 15.4 Å². The highest BCUT2D eigenvalue weighted by Crippen LogP contribution is 2.25. The van der Waals surface area contributed by atoms with E-state index < -0.39 is 5.97 Å². The zero-order valence-electron chi connectivity index (χ0n) is 10.4. The molecule has 1 aromatic carbocycles. The average Bonchev–Trinajstić information content (AvgIpc) is 2.81. The van der Waals surface area contributed by atoms with E-state index >= 15 is 0 Å². The summed E-state index contributed by atoms with van der Waals surface area (Å²) in [7, 11) is 0. The van der Waals surface area contributed by atoms with E-state index in [1.807, 2.05) is 35.0 Å². The molecule has 1 atom stereocenters. The first-order valence-electron chi connectivity index (χ1n) is 6.28. The topological polar surface area (TPSA) is 81.1 Å². The van der Waals surface area contributed by atoms with Crippen molar-refractivity contribution in [3.05, 3.63) is 36.3 Å². The molecule has 1 aliphatic heterocycles. The van der Waals surface area contributed by atoms with Crippen LogP contribution < -0.4 is 5.73 Å². The molecule has 3 rings (SSSR count). The van der Waals surface area contributed by atoms with Crippen LogP contribution in [0.3, 0.4) is 0 Å². The first kappa shape index (κ1) is 11.8. The van der Waals surface area contributed by atoms with Crippen molar-refractivity contribution in [2.75, 3.05) is 5.73 Å².